The number of amides is 1. The third-order valence-corrected chi connectivity index (χ3v) is 4.59. The van der Waals surface area contributed by atoms with Gasteiger partial charge in [-0.1, -0.05) is 24.3 Å². The number of hydrogen-bond donors (Lipinski definition) is 1. The third kappa shape index (κ3) is 3.59. The summed E-state index contributed by atoms with van der Waals surface area (Å²) in [7, 11) is 5.84. The third-order valence-electron chi connectivity index (χ3n) is 4.59. The van der Waals surface area contributed by atoms with Crippen LogP contribution in [0, 0.1) is 6.92 Å². The van der Waals surface area contributed by atoms with Gasteiger partial charge in [0.1, 0.15) is 0 Å². The number of carbonyl (C=O) groups excluding carboxylic acids is 1. The lowest BCUT2D eigenvalue weighted by molar-refractivity contribution is 0.0962. The lowest BCUT2D eigenvalue weighted by atomic mass is 9.99. The molecule has 1 aromatic heterocycles. The van der Waals surface area contributed by atoms with Crippen molar-refractivity contribution in [1.82, 2.24) is 14.8 Å². The smallest absolute Gasteiger partial charge is 0.251 e. The van der Waals surface area contributed by atoms with Gasteiger partial charge in [0.05, 0.1) is 0 Å². The molecule has 1 N–H and O–H groups in total. The van der Waals surface area contributed by atoms with Crippen molar-refractivity contribution in [3.63, 3.8) is 0 Å². The predicted octanol–water partition coefficient (Wildman–Crippen LogP) is 3.54. The number of likely N-dealkylation sites (N-methyl/N-ethyl adjacent to an activating group) is 1. The monoisotopic (exact) mass is 335 g/mol. The Hall–Kier alpha value is -2.59. The number of carbonyl (C=O) groups is 1. The highest BCUT2D eigenvalue weighted by Crippen LogP contribution is 2.27. The Morgan fingerprint density at radius 3 is 2.48 bits per heavy atom. The lowest BCUT2D eigenvalue weighted by Crippen LogP contribution is -2.18. The topological polar surface area (TPSA) is 37.3 Å². The summed E-state index contributed by atoms with van der Waals surface area (Å²) in [6.45, 7) is 3.95. The minimum absolute atomic E-state index is 0.0444. The van der Waals surface area contributed by atoms with Crippen molar-refractivity contribution in [3.05, 3.63) is 59.8 Å². The summed E-state index contributed by atoms with van der Waals surface area (Å²) in [5, 5.41) is 3.94. The van der Waals surface area contributed by atoms with Gasteiger partial charge in [-0.05, 0) is 61.3 Å². The molecule has 2 aromatic carbocycles. The zero-order valence-electron chi connectivity index (χ0n) is 15.3. The molecule has 0 bridgehead atoms. The highest BCUT2D eigenvalue weighted by atomic mass is 16.1. The van der Waals surface area contributed by atoms with E-state index < -0.39 is 0 Å². The summed E-state index contributed by atoms with van der Waals surface area (Å²) in [6, 6.07) is 14.7. The van der Waals surface area contributed by atoms with E-state index in [1.165, 1.54) is 16.5 Å². The first-order valence-corrected chi connectivity index (χ1v) is 8.56. The molecule has 0 saturated carbocycles. The number of benzene rings is 2. The normalized spacial score (nSPS) is 11.2. The van der Waals surface area contributed by atoms with Gasteiger partial charge in [-0.25, -0.2) is 0 Å². The Labute approximate surface area is 149 Å². The number of nitrogens with zero attached hydrogens (tertiary/aromatic N) is 2. The molecular formula is C21H25N3O. The maximum Gasteiger partial charge on any atom is 0.251 e. The van der Waals surface area contributed by atoms with Gasteiger partial charge in [-0.3, -0.25) is 4.79 Å². The Morgan fingerprint density at radius 1 is 1.08 bits per heavy atom. The molecule has 0 aliphatic rings. The van der Waals surface area contributed by atoms with Crippen LogP contribution in [0.3, 0.4) is 0 Å². The molecule has 4 nitrogen and oxygen atoms in total. The van der Waals surface area contributed by atoms with Gasteiger partial charge >= 0.3 is 0 Å². The van der Waals surface area contributed by atoms with Gasteiger partial charge in [-0.15, -0.1) is 0 Å². The molecule has 0 saturated heterocycles. The number of fused-ring (bicyclic) bond motifs is 1. The van der Waals surface area contributed by atoms with Crippen molar-refractivity contribution < 1.29 is 4.79 Å². The van der Waals surface area contributed by atoms with Gasteiger partial charge in [-0.2, -0.15) is 0 Å². The van der Waals surface area contributed by atoms with E-state index in [-0.39, 0.29) is 5.91 Å². The summed E-state index contributed by atoms with van der Waals surface area (Å²) in [4.78, 5) is 14.1. The molecule has 0 atom stereocenters. The van der Waals surface area contributed by atoms with E-state index in [4.69, 9.17) is 0 Å². The van der Waals surface area contributed by atoms with Crippen LogP contribution in [0.5, 0.6) is 0 Å². The van der Waals surface area contributed by atoms with Crippen LogP contribution in [-0.4, -0.2) is 43.1 Å². The summed E-state index contributed by atoms with van der Waals surface area (Å²) < 4.78 is 2.30. The Bertz CT molecular complexity index is 909. The van der Waals surface area contributed by atoms with Gasteiger partial charge in [0.25, 0.3) is 5.91 Å². The molecule has 130 valence electrons. The van der Waals surface area contributed by atoms with E-state index in [2.05, 4.69) is 65.4 Å². The van der Waals surface area contributed by atoms with Crippen molar-refractivity contribution in [2.75, 3.05) is 27.7 Å². The van der Waals surface area contributed by atoms with Crippen LogP contribution < -0.4 is 5.32 Å². The predicted molar refractivity (Wildman–Crippen MR) is 104 cm³/mol. The highest BCUT2D eigenvalue weighted by molar-refractivity contribution is 5.96. The molecule has 3 rings (SSSR count). The highest BCUT2D eigenvalue weighted by Gasteiger charge is 2.09. The lowest BCUT2D eigenvalue weighted by Gasteiger charge is -2.12. The summed E-state index contributed by atoms with van der Waals surface area (Å²) in [5.41, 5.74) is 5.25. The number of rotatable bonds is 5. The van der Waals surface area contributed by atoms with Crippen molar-refractivity contribution >= 4 is 16.8 Å². The van der Waals surface area contributed by atoms with Crippen molar-refractivity contribution in [2.24, 2.45) is 0 Å². The SMILES string of the molecule is CNC(=O)c1ccc(-c2ccc3ccn(CCN(C)C)c3c2)cc1C. The maximum atomic E-state index is 11.9. The largest absolute Gasteiger partial charge is 0.355 e. The Morgan fingerprint density at radius 2 is 1.80 bits per heavy atom. The summed E-state index contributed by atoms with van der Waals surface area (Å²) >= 11 is 0. The van der Waals surface area contributed by atoms with Crippen LogP contribution in [0.25, 0.3) is 22.0 Å². The standard InChI is InChI=1S/C21H25N3O/c1-15-13-17(7-8-19(15)21(25)22-2)18-6-5-16-9-10-24(20(16)14-18)12-11-23(3)4/h5-10,13-14H,11-12H2,1-4H3,(H,22,25). The molecule has 1 amide bonds. The number of hydrogen-bond acceptors (Lipinski definition) is 2. The quantitative estimate of drug-likeness (QED) is 0.774. The average Bonchev–Trinajstić information content (AvgIpc) is 3.01. The Kier molecular flexibility index (Phi) is 4.91. The molecule has 1 heterocycles. The second-order valence-corrected chi connectivity index (χ2v) is 6.69. The summed E-state index contributed by atoms with van der Waals surface area (Å²) in [6.07, 6.45) is 2.15. The number of nitrogens with one attached hydrogen (secondary N) is 1. The minimum atomic E-state index is -0.0444. The molecule has 0 unspecified atom stereocenters. The van der Waals surface area contributed by atoms with E-state index in [9.17, 15) is 4.79 Å². The van der Waals surface area contributed by atoms with Gasteiger partial charge < -0.3 is 14.8 Å². The number of aromatic nitrogens is 1. The molecule has 25 heavy (non-hydrogen) atoms. The second-order valence-electron chi connectivity index (χ2n) is 6.69. The molecule has 0 aliphatic carbocycles. The molecular weight excluding hydrogens is 310 g/mol. The zero-order chi connectivity index (χ0) is 18.0. The molecule has 0 radical (unpaired) electrons. The van der Waals surface area contributed by atoms with Crippen LogP contribution in [0.15, 0.2) is 48.7 Å². The number of aryl methyl sites for hydroxylation is 1. The molecule has 3 aromatic rings. The first-order valence-electron chi connectivity index (χ1n) is 8.56. The second kappa shape index (κ2) is 7.11. The molecule has 0 spiro atoms. The van der Waals surface area contributed by atoms with E-state index in [1.54, 1.807) is 7.05 Å². The van der Waals surface area contributed by atoms with Gasteiger partial charge in [0, 0.05) is 37.4 Å². The first-order chi connectivity index (χ1) is 12.0. The minimum Gasteiger partial charge on any atom is -0.355 e. The van der Waals surface area contributed by atoms with E-state index >= 15 is 0 Å². The van der Waals surface area contributed by atoms with Crippen molar-refractivity contribution in [3.8, 4) is 11.1 Å². The summed E-state index contributed by atoms with van der Waals surface area (Å²) in [5.74, 6) is -0.0444. The van der Waals surface area contributed by atoms with Crippen LogP contribution in [0.4, 0.5) is 0 Å². The average molecular weight is 335 g/mol. The fourth-order valence-electron chi connectivity index (χ4n) is 3.10. The van der Waals surface area contributed by atoms with E-state index in [0.29, 0.717) is 0 Å². The molecule has 0 fully saturated rings. The zero-order valence-corrected chi connectivity index (χ0v) is 15.3. The first kappa shape index (κ1) is 17.2. The van der Waals surface area contributed by atoms with Crippen LogP contribution >= 0.6 is 0 Å². The van der Waals surface area contributed by atoms with Gasteiger partial charge in [0.15, 0.2) is 0 Å². The molecule has 4 heteroatoms. The van der Waals surface area contributed by atoms with Crippen LogP contribution in [0.2, 0.25) is 0 Å². The van der Waals surface area contributed by atoms with Gasteiger partial charge in [0.2, 0.25) is 0 Å². The maximum absolute atomic E-state index is 11.9. The fourth-order valence-corrected chi connectivity index (χ4v) is 3.10. The van der Waals surface area contributed by atoms with Crippen LogP contribution in [0.1, 0.15) is 15.9 Å². The molecule has 0 aliphatic heterocycles. The Balaban J connectivity index is 1.97. The van der Waals surface area contributed by atoms with E-state index in [0.717, 1.165) is 29.8 Å². The van der Waals surface area contributed by atoms with Crippen molar-refractivity contribution in [2.45, 2.75) is 13.5 Å². The van der Waals surface area contributed by atoms with E-state index in [1.807, 2.05) is 19.1 Å². The van der Waals surface area contributed by atoms with Crippen LogP contribution in [-0.2, 0) is 6.54 Å². The van der Waals surface area contributed by atoms with Crippen molar-refractivity contribution in [1.29, 1.82) is 0 Å². The fraction of sp³-hybridized carbons (Fsp3) is 0.286.